The molecule has 0 amide bonds. The molecule has 3 heteroatoms. The minimum Gasteiger partial charge on any atom is -0.372 e. The molecule has 2 fully saturated rings. The summed E-state index contributed by atoms with van der Waals surface area (Å²) < 4.78 is 11.8. The van der Waals surface area contributed by atoms with E-state index in [0.29, 0.717) is 6.04 Å². The maximum absolute atomic E-state index is 5.98. The van der Waals surface area contributed by atoms with Crippen molar-refractivity contribution >= 4 is 0 Å². The van der Waals surface area contributed by atoms with E-state index in [1.807, 2.05) is 0 Å². The summed E-state index contributed by atoms with van der Waals surface area (Å²) in [5, 5.41) is 3.53. The Kier molecular flexibility index (Phi) is 2.58. The fourth-order valence-corrected chi connectivity index (χ4v) is 2.75. The van der Waals surface area contributed by atoms with Crippen LogP contribution in [0.25, 0.3) is 0 Å². The van der Waals surface area contributed by atoms with Crippen LogP contribution >= 0.6 is 0 Å². The van der Waals surface area contributed by atoms with Crippen LogP contribution in [0, 0.1) is 0 Å². The van der Waals surface area contributed by atoms with E-state index in [-0.39, 0.29) is 11.2 Å². The van der Waals surface area contributed by atoms with Gasteiger partial charge in [0.2, 0.25) is 0 Å². The van der Waals surface area contributed by atoms with E-state index in [4.69, 9.17) is 9.47 Å². The molecule has 14 heavy (non-hydrogen) atoms. The van der Waals surface area contributed by atoms with Crippen LogP contribution in [0.1, 0.15) is 33.6 Å². The third kappa shape index (κ3) is 1.69. The molecule has 2 heterocycles. The molecule has 0 saturated carbocycles. The predicted molar refractivity (Wildman–Crippen MR) is 55.4 cm³/mol. The van der Waals surface area contributed by atoms with Gasteiger partial charge in [-0.05, 0) is 20.3 Å². The summed E-state index contributed by atoms with van der Waals surface area (Å²) in [5.41, 5.74) is -0.0804. The van der Waals surface area contributed by atoms with Crippen LogP contribution in [0.4, 0.5) is 0 Å². The van der Waals surface area contributed by atoms with Crippen LogP contribution < -0.4 is 5.32 Å². The molecule has 2 aliphatic rings. The average Bonchev–Trinajstić information content (AvgIpc) is 2.44. The first-order valence-electron chi connectivity index (χ1n) is 5.59. The summed E-state index contributed by atoms with van der Waals surface area (Å²) >= 11 is 0. The number of morpholine rings is 1. The first-order valence-corrected chi connectivity index (χ1v) is 5.59. The number of hydrogen-bond acceptors (Lipinski definition) is 3. The highest BCUT2D eigenvalue weighted by molar-refractivity contribution is 5.03. The molecule has 2 atom stereocenters. The normalized spacial score (nSPS) is 41.8. The number of rotatable bonds is 1. The van der Waals surface area contributed by atoms with Crippen LogP contribution in [0.5, 0.6) is 0 Å². The van der Waals surface area contributed by atoms with Crippen molar-refractivity contribution in [1.82, 2.24) is 5.32 Å². The van der Waals surface area contributed by atoms with Crippen molar-refractivity contribution in [2.45, 2.75) is 50.9 Å². The lowest BCUT2D eigenvalue weighted by Gasteiger charge is -2.41. The zero-order chi connectivity index (χ0) is 10.2. The molecule has 0 radical (unpaired) electrons. The molecule has 0 aromatic rings. The third-order valence-corrected chi connectivity index (χ3v) is 3.36. The van der Waals surface area contributed by atoms with Crippen molar-refractivity contribution in [3.8, 4) is 0 Å². The molecular formula is C11H21NO2. The Hall–Kier alpha value is -0.120. The summed E-state index contributed by atoms with van der Waals surface area (Å²) in [6, 6.07) is 0.457. The highest BCUT2D eigenvalue weighted by Gasteiger charge is 2.50. The summed E-state index contributed by atoms with van der Waals surface area (Å²) in [6.07, 6.45) is 2.12. The molecule has 82 valence electrons. The highest BCUT2D eigenvalue weighted by Crippen LogP contribution is 2.39. The standard InChI is InChI=1S/C11H21NO2/c1-4-9-11(13-6-5-12-9)7-10(2,3)14-8-11/h9,12H,4-8H2,1-3H3. The maximum Gasteiger partial charge on any atom is 0.109 e. The summed E-state index contributed by atoms with van der Waals surface area (Å²) in [6.45, 7) is 9.03. The molecule has 2 aliphatic heterocycles. The van der Waals surface area contributed by atoms with Gasteiger partial charge in [0.05, 0.1) is 18.8 Å². The number of hydrogen-bond donors (Lipinski definition) is 1. The molecular weight excluding hydrogens is 178 g/mol. The van der Waals surface area contributed by atoms with Crippen molar-refractivity contribution in [3.05, 3.63) is 0 Å². The smallest absolute Gasteiger partial charge is 0.109 e. The lowest BCUT2D eigenvalue weighted by atomic mass is 9.84. The van der Waals surface area contributed by atoms with Gasteiger partial charge in [0, 0.05) is 19.0 Å². The van der Waals surface area contributed by atoms with Crippen molar-refractivity contribution in [1.29, 1.82) is 0 Å². The van der Waals surface area contributed by atoms with E-state index in [2.05, 4.69) is 26.1 Å². The van der Waals surface area contributed by atoms with Gasteiger partial charge >= 0.3 is 0 Å². The van der Waals surface area contributed by atoms with Crippen molar-refractivity contribution in [2.75, 3.05) is 19.8 Å². The Morgan fingerprint density at radius 3 is 2.71 bits per heavy atom. The van der Waals surface area contributed by atoms with Gasteiger partial charge in [0.25, 0.3) is 0 Å². The lowest BCUT2D eigenvalue weighted by Crippen LogP contribution is -2.58. The van der Waals surface area contributed by atoms with Gasteiger partial charge in [-0.15, -0.1) is 0 Å². The Balaban J connectivity index is 2.13. The topological polar surface area (TPSA) is 30.5 Å². The van der Waals surface area contributed by atoms with Gasteiger partial charge in [0.15, 0.2) is 0 Å². The van der Waals surface area contributed by atoms with Crippen LogP contribution in [0.15, 0.2) is 0 Å². The molecule has 2 unspecified atom stereocenters. The van der Waals surface area contributed by atoms with E-state index in [9.17, 15) is 0 Å². The van der Waals surface area contributed by atoms with Crippen molar-refractivity contribution in [2.24, 2.45) is 0 Å². The zero-order valence-corrected chi connectivity index (χ0v) is 9.43. The van der Waals surface area contributed by atoms with Gasteiger partial charge in [-0.3, -0.25) is 0 Å². The van der Waals surface area contributed by atoms with Gasteiger partial charge in [-0.2, -0.15) is 0 Å². The monoisotopic (exact) mass is 199 g/mol. The number of ether oxygens (including phenoxy) is 2. The number of nitrogens with one attached hydrogen (secondary N) is 1. The summed E-state index contributed by atoms with van der Waals surface area (Å²) in [7, 11) is 0. The molecule has 1 N–H and O–H groups in total. The fourth-order valence-electron chi connectivity index (χ4n) is 2.75. The molecule has 2 saturated heterocycles. The molecule has 1 spiro atoms. The largest absolute Gasteiger partial charge is 0.372 e. The highest BCUT2D eigenvalue weighted by atomic mass is 16.6. The zero-order valence-electron chi connectivity index (χ0n) is 9.43. The van der Waals surface area contributed by atoms with Crippen LogP contribution in [0.2, 0.25) is 0 Å². The predicted octanol–water partition coefficient (Wildman–Crippen LogP) is 1.32. The molecule has 3 nitrogen and oxygen atoms in total. The first-order chi connectivity index (χ1) is 6.58. The second-order valence-electron chi connectivity index (χ2n) is 5.05. The van der Waals surface area contributed by atoms with Crippen LogP contribution in [0.3, 0.4) is 0 Å². The lowest BCUT2D eigenvalue weighted by molar-refractivity contribution is -0.0984. The van der Waals surface area contributed by atoms with Crippen LogP contribution in [-0.4, -0.2) is 37.0 Å². The molecule has 0 aliphatic carbocycles. The Morgan fingerprint density at radius 1 is 1.36 bits per heavy atom. The minimum absolute atomic E-state index is 0.0214. The molecule has 0 aromatic carbocycles. The second kappa shape index (κ2) is 3.47. The van der Waals surface area contributed by atoms with E-state index in [1.165, 1.54) is 0 Å². The van der Waals surface area contributed by atoms with Gasteiger partial charge in [0.1, 0.15) is 5.60 Å². The SMILES string of the molecule is CCC1NCCOC12COC(C)(C)C2. The molecule has 2 rings (SSSR count). The quantitative estimate of drug-likeness (QED) is 0.691. The van der Waals surface area contributed by atoms with Crippen molar-refractivity contribution in [3.63, 3.8) is 0 Å². The van der Waals surface area contributed by atoms with E-state index in [0.717, 1.165) is 32.6 Å². The first kappa shape index (κ1) is 10.4. The van der Waals surface area contributed by atoms with E-state index < -0.39 is 0 Å². The Labute approximate surface area is 86.2 Å². The second-order valence-corrected chi connectivity index (χ2v) is 5.05. The van der Waals surface area contributed by atoms with Gasteiger partial charge in [-0.1, -0.05) is 6.92 Å². The third-order valence-electron chi connectivity index (χ3n) is 3.36. The Morgan fingerprint density at radius 2 is 2.14 bits per heavy atom. The molecule has 0 bridgehead atoms. The Bertz CT molecular complexity index is 217. The fraction of sp³-hybridized carbons (Fsp3) is 1.00. The van der Waals surface area contributed by atoms with Gasteiger partial charge in [-0.25, -0.2) is 0 Å². The summed E-state index contributed by atoms with van der Waals surface area (Å²) in [5.74, 6) is 0. The van der Waals surface area contributed by atoms with E-state index in [1.54, 1.807) is 0 Å². The summed E-state index contributed by atoms with van der Waals surface area (Å²) in [4.78, 5) is 0. The van der Waals surface area contributed by atoms with E-state index >= 15 is 0 Å². The minimum atomic E-state index is -0.0590. The van der Waals surface area contributed by atoms with Crippen LogP contribution in [-0.2, 0) is 9.47 Å². The van der Waals surface area contributed by atoms with Crippen molar-refractivity contribution < 1.29 is 9.47 Å². The van der Waals surface area contributed by atoms with Gasteiger partial charge < -0.3 is 14.8 Å². The average molecular weight is 199 g/mol. The maximum atomic E-state index is 5.98. The molecule has 0 aromatic heterocycles.